The molecule has 2 heterocycles. The molecule has 116 valence electrons. The van der Waals surface area contributed by atoms with Crippen LogP contribution in [-0.2, 0) is 0 Å². The van der Waals surface area contributed by atoms with Crippen molar-refractivity contribution in [2.45, 2.75) is 0 Å². The molecule has 0 saturated carbocycles. The molecule has 23 heavy (non-hydrogen) atoms. The predicted octanol–water partition coefficient (Wildman–Crippen LogP) is 3.02. The van der Waals surface area contributed by atoms with Gasteiger partial charge in [-0.1, -0.05) is 23.7 Å². The second-order valence-corrected chi connectivity index (χ2v) is 5.06. The minimum absolute atomic E-state index is 0.275. The minimum Gasteiger partial charge on any atom is -0.297 e. The molecule has 0 spiro atoms. The van der Waals surface area contributed by atoms with Crippen LogP contribution in [0.3, 0.4) is 0 Å². The zero-order valence-corrected chi connectivity index (χ0v) is 12.4. The summed E-state index contributed by atoms with van der Waals surface area (Å²) in [5, 5.41) is 7.36. The average Bonchev–Trinajstić information content (AvgIpc) is 3.05. The van der Waals surface area contributed by atoms with Crippen molar-refractivity contribution in [3.8, 4) is 11.3 Å². The van der Waals surface area contributed by atoms with Crippen molar-refractivity contribution >= 4 is 23.2 Å². The highest BCUT2D eigenvalue weighted by Crippen LogP contribution is 2.20. The summed E-state index contributed by atoms with van der Waals surface area (Å²) in [5.41, 5.74) is 7.28. The summed E-state index contributed by atoms with van der Waals surface area (Å²) in [6.07, 6.45) is 1.27. The maximum absolute atomic E-state index is 12.7. The zero-order chi connectivity index (χ0) is 16.2. The standard InChI is InChI=1S/C15H11ClFN5O/c16-10-3-1-9(2-4-10)12-7-13(21-20-12)15(23)22-19-11-5-6-14(17)18-8-11/h1-8,19H,(H,20,21)(H,22,23). The molecule has 0 atom stereocenters. The van der Waals surface area contributed by atoms with E-state index in [-0.39, 0.29) is 5.69 Å². The lowest BCUT2D eigenvalue weighted by molar-refractivity contribution is 0.0957. The number of carbonyl (C=O) groups is 1. The quantitative estimate of drug-likeness (QED) is 0.507. The number of anilines is 1. The summed E-state index contributed by atoms with van der Waals surface area (Å²) in [7, 11) is 0. The number of carbonyl (C=O) groups excluding carboxylic acids is 1. The van der Waals surface area contributed by atoms with Crippen molar-refractivity contribution in [3.05, 3.63) is 65.3 Å². The fraction of sp³-hybridized carbons (Fsp3) is 0. The largest absolute Gasteiger partial charge is 0.297 e. The van der Waals surface area contributed by atoms with Gasteiger partial charge in [-0.15, -0.1) is 0 Å². The summed E-state index contributed by atoms with van der Waals surface area (Å²) < 4.78 is 12.7. The van der Waals surface area contributed by atoms with Crippen LogP contribution in [0.5, 0.6) is 0 Å². The Hall–Kier alpha value is -2.93. The number of hydrogen-bond acceptors (Lipinski definition) is 4. The van der Waals surface area contributed by atoms with E-state index in [0.29, 0.717) is 16.4 Å². The number of nitrogens with zero attached hydrogens (tertiary/aromatic N) is 2. The zero-order valence-electron chi connectivity index (χ0n) is 11.7. The first-order chi connectivity index (χ1) is 11.1. The summed E-state index contributed by atoms with van der Waals surface area (Å²) >= 11 is 5.83. The number of hydrogen-bond donors (Lipinski definition) is 3. The number of pyridine rings is 1. The molecule has 0 aliphatic carbocycles. The molecule has 1 aromatic carbocycles. The molecule has 3 rings (SSSR count). The van der Waals surface area contributed by atoms with Crippen LogP contribution in [0.15, 0.2) is 48.7 Å². The van der Waals surface area contributed by atoms with Crippen molar-refractivity contribution in [2.24, 2.45) is 0 Å². The molecule has 0 bridgehead atoms. The van der Waals surface area contributed by atoms with E-state index in [1.54, 1.807) is 18.2 Å². The van der Waals surface area contributed by atoms with Crippen LogP contribution in [-0.4, -0.2) is 21.1 Å². The van der Waals surface area contributed by atoms with Gasteiger partial charge in [0.1, 0.15) is 5.69 Å². The number of rotatable bonds is 4. The van der Waals surface area contributed by atoms with Crippen LogP contribution in [0.2, 0.25) is 5.02 Å². The molecular formula is C15H11ClFN5O. The van der Waals surface area contributed by atoms with E-state index in [2.05, 4.69) is 26.0 Å². The van der Waals surface area contributed by atoms with E-state index in [4.69, 9.17) is 11.6 Å². The summed E-state index contributed by atoms with van der Waals surface area (Å²) in [6, 6.07) is 11.4. The van der Waals surface area contributed by atoms with Crippen molar-refractivity contribution < 1.29 is 9.18 Å². The molecule has 8 heteroatoms. The third-order valence-corrected chi connectivity index (χ3v) is 3.26. The molecule has 0 aliphatic rings. The number of aromatic amines is 1. The van der Waals surface area contributed by atoms with Gasteiger partial charge in [-0.25, -0.2) is 4.98 Å². The molecule has 3 aromatic rings. The first-order valence-electron chi connectivity index (χ1n) is 6.61. The van der Waals surface area contributed by atoms with Crippen LogP contribution in [0.4, 0.5) is 10.1 Å². The Labute approximate surface area is 135 Å². The monoisotopic (exact) mass is 331 g/mol. The average molecular weight is 332 g/mol. The number of aromatic nitrogens is 3. The van der Waals surface area contributed by atoms with E-state index >= 15 is 0 Å². The van der Waals surface area contributed by atoms with E-state index in [1.807, 2.05) is 12.1 Å². The molecule has 6 nitrogen and oxygen atoms in total. The molecule has 0 radical (unpaired) electrons. The molecular weight excluding hydrogens is 321 g/mol. The Balaban J connectivity index is 1.66. The van der Waals surface area contributed by atoms with Crippen LogP contribution < -0.4 is 10.9 Å². The highest BCUT2D eigenvalue weighted by atomic mass is 35.5. The number of nitrogens with one attached hydrogen (secondary N) is 3. The smallest absolute Gasteiger partial charge is 0.287 e. The van der Waals surface area contributed by atoms with Gasteiger partial charge in [-0.05, 0) is 30.3 Å². The summed E-state index contributed by atoms with van der Waals surface area (Å²) in [6.45, 7) is 0. The molecule has 1 amide bonds. The third kappa shape index (κ3) is 3.64. The SMILES string of the molecule is O=C(NNc1ccc(F)nc1)c1cc(-c2ccc(Cl)cc2)n[nH]1. The van der Waals surface area contributed by atoms with Crippen LogP contribution in [0.25, 0.3) is 11.3 Å². The maximum atomic E-state index is 12.7. The number of benzene rings is 1. The van der Waals surface area contributed by atoms with Crippen LogP contribution >= 0.6 is 11.6 Å². The minimum atomic E-state index is -0.594. The van der Waals surface area contributed by atoms with E-state index in [9.17, 15) is 9.18 Å². The van der Waals surface area contributed by atoms with Gasteiger partial charge >= 0.3 is 0 Å². The Morgan fingerprint density at radius 2 is 1.96 bits per heavy atom. The van der Waals surface area contributed by atoms with Crippen molar-refractivity contribution in [1.29, 1.82) is 0 Å². The Morgan fingerprint density at radius 3 is 2.65 bits per heavy atom. The number of hydrazine groups is 1. The van der Waals surface area contributed by atoms with Gasteiger partial charge < -0.3 is 0 Å². The van der Waals surface area contributed by atoms with Gasteiger partial charge in [0.25, 0.3) is 5.91 Å². The van der Waals surface area contributed by atoms with Crippen molar-refractivity contribution in [3.63, 3.8) is 0 Å². The Kier molecular flexibility index (Phi) is 4.20. The summed E-state index contributed by atoms with van der Waals surface area (Å²) in [5.74, 6) is -1.01. The highest BCUT2D eigenvalue weighted by Gasteiger charge is 2.11. The maximum Gasteiger partial charge on any atom is 0.287 e. The van der Waals surface area contributed by atoms with Crippen molar-refractivity contribution in [1.82, 2.24) is 20.6 Å². The van der Waals surface area contributed by atoms with Crippen LogP contribution in [0, 0.1) is 5.95 Å². The Bertz CT molecular complexity index is 817. The van der Waals surface area contributed by atoms with Gasteiger partial charge in [0, 0.05) is 10.6 Å². The lowest BCUT2D eigenvalue weighted by Crippen LogP contribution is -2.29. The predicted molar refractivity (Wildman–Crippen MR) is 84.3 cm³/mol. The van der Waals surface area contributed by atoms with Crippen molar-refractivity contribution in [2.75, 3.05) is 5.43 Å². The fourth-order valence-corrected chi connectivity index (χ4v) is 1.98. The summed E-state index contributed by atoms with van der Waals surface area (Å²) in [4.78, 5) is 15.5. The third-order valence-electron chi connectivity index (χ3n) is 3.01. The molecule has 0 aliphatic heterocycles. The number of amides is 1. The van der Waals surface area contributed by atoms with Gasteiger partial charge in [-0.2, -0.15) is 9.49 Å². The first-order valence-corrected chi connectivity index (χ1v) is 6.99. The lowest BCUT2D eigenvalue weighted by atomic mass is 10.1. The first kappa shape index (κ1) is 15.0. The van der Waals surface area contributed by atoms with Gasteiger partial charge in [0.15, 0.2) is 0 Å². The molecule has 0 fully saturated rings. The molecule has 2 aromatic heterocycles. The van der Waals surface area contributed by atoms with Gasteiger partial charge in [0.05, 0.1) is 17.6 Å². The van der Waals surface area contributed by atoms with Gasteiger partial charge in [-0.3, -0.25) is 20.7 Å². The van der Waals surface area contributed by atoms with E-state index in [0.717, 1.165) is 5.56 Å². The second kappa shape index (κ2) is 6.45. The molecule has 3 N–H and O–H groups in total. The Morgan fingerprint density at radius 1 is 1.17 bits per heavy atom. The number of halogens is 2. The normalized spacial score (nSPS) is 10.3. The van der Waals surface area contributed by atoms with E-state index in [1.165, 1.54) is 18.3 Å². The molecule has 0 unspecified atom stereocenters. The lowest BCUT2D eigenvalue weighted by Gasteiger charge is -2.06. The van der Waals surface area contributed by atoms with E-state index < -0.39 is 11.9 Å². The number of H-pyrrole nitrogens is 1. The highest BCUT2D eigenvalue weighted by molar-refractivity contribution is 6.30. The topological polar surface area (TPSA) is 82.7 Å². The second-order valence-electron chi connectivity index (χ2n) is 4.62. The van der Waals surface area contributed by atoms with Crippen LogP contribution in [0.1, 0.15) is 10.5 Å². The van der Waals surface area contributed by atoms with Gasteiger partial charge in [0.2, 0.25) is 5.95 Å². The molecule has 0 saturated heterocycles. The fourth-order valence-electron chi connectivity index (χ4n) is 1.85.